The number of likely N-dealkylation sites (tertiary alicyclic amines) is 1. The molecule has 0 spiro atoms. The molecule has 3 saturated heterocycles. The first kappa shape index (κ1) is 80.5. The predicted molar refractivity (Wildman–Crippen MR) is 389 cm³/mol. The van der Waals surface area contributed by atoms with E-state index in [0.29, 0.717) is 56.6 Å². The highest BCUT2D eigenvalue weighted by Crippen LogP contribution is 2.43. The maximum Gasteiger partial charge on any atom is 0.418 e. The number of hydrogen-bond donors (Lipinski definition) is 5. The quantitative estimate of drug-likeness (QED) is 0.0363. The van der Waals surface area contributed by atoms with Crippen molar-refractivity contribution in [3.8, 4) is 23.1 Å². The molecule has 0 saturated carbocycles. The molecule has 3 fully saturated rings. The van der Waals surface area contributed by atoms with Gasteiger partial charge in [-0.05, 0) is 122 Å². The minimum Gasteiger partial charge on any atom is -0.464 e. The Morgan fingerprint density at radius 3 is 2.35 bits per heavy atom. The highest BCUT2D eigenvalue weighted by Gasteiger charge is 2.48. The van der Waals surface area contributed by atoms with E-state index in [0.717, 1.165) is 67.9 Å². The number of fused-ring (bicyclic) bond motifs is 6. The van der Waals surface area contributed by atoms with Crippen LogP contribution < -0.4 is 32.0 Å². The number of anilines is 3. The number of likely N-dealkylation sites (N-methyl/N-ethyl adjacent to an activating group) is 1. The van der Waals surface area contributed by atoms with Gasteiger partial charge in [-0.2, -0.15) is 13.2 Å². The van der Waals surface area contributed by atoms with Gasteiger partial charge in [0, 0.05) is 113 Å². The Kier molecular flexibility index (Phi) is 25.6. The highest BCUT2D eigenvalue weighted by atomic mass is 35.5. The number of aryl methyl sites for hydroxylation is 1. The van der Waals surface area contributed by atoms with Crippen LogP contribution in [0.2, 0.25) is 10.0 Å². The minimum atomic E-state index is -4.71. The number of cyclic esters (lactones) is 1. The van der Waals surface area contributed by atoms with Crippen molar-refractivity contribution in [2.45, 2.75) is 161 Å². The van der Waals surface area contributed by atoms with Crippen LogP contribution in [0.15, 0.2) is 61.3 Å². The van der Waals surface area contributed by atoms with Crippen molar-refractivity contribution in [1.82, 2.24) is 65.3 Å². The van der Waals surface area contributed by atoms with E-state index in [4.69, 9.17) is 48.1 Å². The number of carbonyl (C=O) groups excluding carboxylic acids is 7. The number of hydrazine groups is 1. The van der Waals surface area contributed by atoms with Crippen LogP contribution in [0.1, 0.15) is 149 Å². The normalized spacial score (nSPS) is 19.4. The molecule has 9 heterocycles. The molecule has 6 bridgehead atoms. The molecule has 6 amide bonds. The number of amides is 6. The molecule has 5 unspecified atom stereocenters. The second-order valence-electron chi connectivity index (χ2n) is 28.3. The van der Waals surface area contributed by atoms with Gasteiger partial charge < -0.3 is 55.2 Å². The third-order valence-corrected chi connectivity index (χ3v) is 21.1. The number of morpholine rings is 1. The number of aromatic nitrogens is 6. The fourth-order valence-electron chi connectivity index (χ4n) is 12.9. The molecule has 4 aliphatic rings. The largest absolute Gasteiger partial charge is 0.464 e. The van der Waals surface area contributed by atoms with Gasteiger partial charge in [-0.3, -0.25) is 48.5 Å². The zero-order chi connectivity index (χ0) is 76.8. The second-order valence-corrected chi connectivity index (χ2v) is 30.2. The lowest BCUT2D eigenvalue weighted by Crippen LogP contribution is -2.63. The Labute approximate surface area is 621 Å². The molecule has 0 aliphatic carbocycles. The number of nitrogens with zero attached hydrogens (tertiary/aromatic N) is 11. The third kappa shape index (κ3) is 18.8. The molecule has 4 aliphatic heterocycles. The summed E-state index contributed by atoms with van der Waals surface area (Å²) >= 11 is 12.4. The number of alkyl halides is 4. The number of nitrogens with one attached hydrogen (secondary N) is 4. The molecule has 105 heavy (non-hydrogen) atoms. The molecule has 26 nitrogen and oxygen atoms in total. The molecule has 10 rings (SSSR count). The fraction of sp³-hybridized carbons (Fsp3) is 0.528. The van der Waals surface area contributed by atoms with Crippen molar-refractivity contribution >= 4 is 104 Å². The van der Waals surface area contributed by atoms with Crippen molar-refractivity contribution in [3.63, 3.8) is 0 Å². The van der Waals surface area contributed by atoms with Crippen LogP contribution in [-0.4, -0.2) is 200 Å². The van der Waals surface area contributed by atoms with Crippen LogP contribution in [-0.2, 0) is 57.3 Å². The monoisotopic (exact) mass is 1520 g/mol. The predicted octanol–water partition coefficient (Wildman–Crippen LogP) is 9.27. The summed E-state index contributed by atoms with van der Waals surface area (Å²) in [5.41, 5.74) is 9.95. The molecule has 6 atom stereocenters. The van der Waals surface area contributed by atoms with Gasteiger partial charge in [0.2, 0.25) is 5.91 Å². The number of thiazole rings is 1. The van der Waals surface area contributed by atoms with Gasteiger partial charge in [-0.15, -0.1) is 11.3 Å². The van der Waals surface area contributed by atoms with Crippen molar-refractivity contribution in [2.24, 2.45) is 11.3 Å². The van der Waals surface area contributed by atoms with E-state index in [1.807, 2.05) is 45.8 Å². The van der Waals surface area contributed by atoms with Crippen molar-refractivity contribution < 1.29 is 65.3 Å². The van der Waals surface area contributed by atoms with Crippen LogP contribution in [0.4, 0.5) is 34.9 Å². The molecule has 5 aromatic heterocycles. The molecule has 6 N–H and O–H groups in total. The number of ether oxygens (including phenoxy) is 3. The average Bonchev–Trinajstić information content (AvgIpc) is 1.60. The minimum absolute atomic E-state index is 0.0172. The Bertz CT molecular complexity index is 4290. The number of piperidine rings is 1. The number of methoxy groups -OCH3 is 1. The summed E-state index contributed by atoms with van der Waals surface area (Å²) in [6.45, 7) is 19.6. The van der Waals surface area contributed by atoms with Gasteiger partial charge in [0.1, 0.15) is 51.0 Å². The number of rotatable bonds is 15. The number of nitrogen functional groups attached to an aromatic ring is 1. The van der Waals surface area contributed by atoms with E-state index < -0.39 is 111 Å². The summed E-state index contributed by atoms with van der Waals surface area (Å²) in [6.07, 6.45) is 0.431. The summed E-state index contributed by atoms with van der Waals surface area (Å²) < 4.78 is 76.3. The number of benzene rings is 1. The standard InChI is InChI=1S/C55H78FN9O8.C17H12Cl2F3N7O2S/c1-13-64-44-19-18-37-30-40(44)41(48(64)39-16-14-24-57-46(39)36(4)71-12)32-53(5,6)34-73-51(69)42-17-15-25-65(59-42)50(68)43(31-38-33-63(37)28-29-72-38)58-49(67)47(35(2)3)61(11)52(70)55(56)22-26-62(27-23-55)45(66)20-21-54(7,8)60(9)10;1-6(28-15(31)12-11(19)13(23)27-5-26-12)16-25-4-9(32-16)14(30)29-10-2-7(17(20,21)22)8(18)3-24-10/h14,16,18-19,24,30,35-36,38,42-43,47,59H,13,15,17,22-23,25-29,31-34H2,1-12H3,(H,58,67);2-6H,1H3,(H,28,31)(H2,23,26,27)(H,24,29,30)/t;6-/m.1/s1. The summed E-state index contributed by atoms with van der Waals surface area (Å²) in [6, 6.07) is 7.35. The first-order valence-electron chi connectivity index (χ1n) is 34.5. The molecular formula is C72H90Cl2F4N16O10S. The first-order valence-corrected chi connectivity index (χ1v) is 36.1. The second kappa shape index (κ2) is 33.4. The van der Waals surface area contributed by atoms with Crippen molar-refractivity contribution in [1.29, 1.82) is 0 Å². The molecule has 1 aromatic carbocycles. The zero-order valence-electron chi connectivity index (χ0n) is 61.0. The Hall–Kier alpha value is -8.64. The smallest absolute Gasteiger partial charge is 0.418 e. The van der Waals surface area contributed by atoms with Crippen LogP contribution in [0.25, 0.3) is 22.2 Å². The molecular weight excluding hydrogens is 1430 g/mol. The summed E-state index contributed by atoms with van der Waals surface area (Å²) in [4.78, 5) is 122. The van der Waals surface area contributed by atoms with Crippen LogP contribution in [0.3, 0.4) is 0 Å². The number of esters is 1. The number of pyridine rings is 2. The SMILES string of the molecule is CCn1c(-c2cccnc2C(C)OC)c2c3cc(ccc31)N1CCOC(CC(NC(=O)C(C(C)C)N(C)C(=O)C3(F)CCN(C(=O)C#CC(C)(C)N(C)C)CC3)C(=O)N3CCCC(N3)C(=O)OCC(C)(C)C2)C1.C[C@@H](NC(=O)c1ncnc(N)c1Cl)c1ncc(C(=O)Nc2cc(C(F)(F)F)c(Cl)cn2)s1. The summed E-state index contributed by atoms with van der Waals surface area (Å²) in [5, 5.41) is 9.95. The number of nitrogens with two attached hydrogens (primary N) is 1. The van der Waals surface area contributed by atoms with E-state index in [-0.39, 0.29) is 78.8 Å². The van der Waals surface area contributed by atoms with Crippen LogP contribution >= 0.6 is 34.5 Å². The maximum absolute atomic E-state index is 16.8. The number of carbonyl (C=O) groups is 7. The lowest BCUT2D eigenvalue weighted by molar-refractivity contribution is -0.156. The highest BCUT2D eigenvalue weighted by molar-refractivity contribution is 7.13. The topological polar surface area (TPSA) is 307 Å². The van der Waals surface area contributed by atoms with E-state index >= 15 is 4.39 Å². The average molecular weight is 1520 g/mol. The first-order chi connectivity index (χ1) is 49.5. The van der Waals surface area contributed by atoms with Gasteiger partial charge in [0.25, 0.3) is 29.5 Å². The third-order valence-electron chi connectivity index (χ3n) is 19.3. The zero-order valence-corrected chi connectivity index (χ0v) is 63.3. The van der Waals surface area contributed by atoms with Crippen LogP contribution in [0.5, 0.6) is 0 Å². The van der Waals surface area contributed by atoms with Gasteiger partial charge >= 0.3 is 12.1 Å². The van der Waals surface area contributed by atoms with E-state index in [1.165, 1.54) is 23.2 Å². The van der Waals surface area contributed by atoms with Crippen LogP contribution in [0, 0.1) is 23.2 Å². The van der Waals surface area contributed by atoms with Gasteiger partial charge in [-0.1, -0.05) is 56.8 Å². The Balaban J connectivity index is 0.000000332. The summed E-state index contributed by atoms with van der Waals surface area (Å²) in [7, 11) is 6.82. The van der Waals surface area contributed by atoms with Crippen molar-refractivity contribution in [3.05, 3.63) is 104 Å². The summed E-state index contributed by atoms with van der Waals surface area (Å²) in [5.74, 6) is 0.510. The van der Waals surface area contributed by atoms with E-state index in [2.05, 4.69) is 108 Å². The Morgan fingerprint density at radius 2 is 1.68 bits per heavy atom. The van der Waals surface area contributed by atoms with Gasteiger partial charge in [0.15, 0.2) is 11.4 Å². The van der Waals surface area contributed by atoms with Gasteiger partial charge in [-0.25, -0.2) is 29.8 Å². The van der Waals surface area contributed by atoms with Crippen molar-refractivity contribution in [2.75, 3.05) is 90.1 Å². The Morgan fingerprint density at radius 1 is 0.952 bits per heavy atom. The molecule has 0 radical (unpaired) electrons. The fourth-order valence-corrected chi connectivity index (χ4v) is 14.1. The lowest BCUT2D eigenvalue weighted by Gasteiger charge is -2.41. The van der Waals surface area contributed by atoms with E-state index in [9.17, 15) is 46.7 Å². The maximum atomic E-state index is 16.8. The van der Waals surface area contributed by atoms with Gasteiger partial charge in [0.05, 0.1) is 65.2 Å². The molecule has 6 aromatic rings. The van der Waals surface area contributed by atoms with E-state index in [1.54, 1.807) is 34.1 Å². The number of hydrogen-bond acceptors (Lipinski definition) is 20. The molecule has 566 valence electrons. The number of halogens is 6. The lowest BCUT2D eigenvalue weighted by atomic mass is 9.84. The molecule has 33 heteroatoms.